The molecular weight excluding hydrogens is 197 g/mol. The van der Waals surface area contributed by atoms with Gasteiger partial charge in [0.15, 0.2) is 0 Å². The number of aliphatic hydroxyl groups is 1. The molecule has 0 aromatic rings. The number of halogens is 1. The third kappa shape index (κ3) is 1.78. The average Bonchev–Trinajstić information content (AvgIpc) is 2.59. The Bertz CT molecular complexity index is 314. The van der Waals surface area contributed by atoms with E-state index in [-0.39, 0.29) is 30.3 Å². The Morgan fingerprint density at radius 3 is 2.67 bits per heavy atom. The van der Waals surface area contributed by atoms with E-state index in [1.54, 1.807) is 6.92 Å². The highest BCUT2D eigenvalue weighted by atomic mass is 19.2. The standard InChI is InChI=1S/C11H16FNO2/c1-6(2)10(13)15-9-4-8-3-7(9)5-11(8,12)14/h7-9,13-14H,1,3-5H2,2H3. The fourth-order valence-electron chi connectivity index (χ4n) is 2.59. The van der Waals surface area contributed by atoms with E-state index < -0.39 is 5.85 Å². The van der Waals surface area contributed by atoms with Gasteiger partial charge < -0.3 is 9.84 Å². The smallest absolute Gasteiger partial charge is 0.210 e. The predicted octanol–water partition coefficient (Wildman–Crippen LogP) is 2.01. The summed E-state index contributed by atoms with van der Waals surface area (Å²) in [7, 11) is 0. The summed E-state index contributed by atoms with van der Waals surface area (Å²) in [6.45, 7) is 5.32. The fraction of sp³-hybridized carbons (Fsp3) is 0.727. The molecule has 0 spiro atoms. The van der Waals surface area contributed by atoms with Gasteiger partial charge in [0, 0.05) is 23.8 Å². The lowest BCUT2D eigenvalue weighted by molar-refractivity contribution is -0.141. The Balaban J connectivity index is 1.95. The highest BCUT2D eigenvalue weighted by Crippen LogP contribution is 2.52. The Hall–Kier alpha value is -0.900. The second-order valence-electron chi connectivity index (χ2n) is 4.72. The van der Waals surface area contributed by atoms with Crippen molar-refractivity contribution in [1.82, 2.24) is 0 Å². The molecule has 2 N–H and O–H groups in total. The van der Waals surface area contributed by atoms with E-state index in [4.69, 9.17) is 10.1 Å². The van der Waals surface area contributed by atoms with Gasteiger partial charge in [0.05, 0.1) is 0 Å². The molecule has 4 atom stereocenters. The molecule has 0 radical (unpaired) electrons. The van der Waals surface area contributed by atoms with Gasteiger partial charge in [-0.3, -0.25) is 5.41 Å². The van der Waals surface area contributed by atoms with Crippen molar-refractivity contribution >= 4 is 5.90 Å². The van der Waals surface area contributed by atoms with Crippen molar-refractivity contribution in [3.05, 3.63) is 12.2 Å². The van der Waals surface area contributed by atoms with Crippen LogP contribution in [0.25, 0.3) is 0 Å². The summed E-state index contributed by atoms with van der Waals surface area (Å²) in [6, 6.07) is 0. The summed E-state index contributed by atoms with van der Waals surface area (Å²) in [6.07, 6.45) is 1.20. The van der Waals surface area contributed by atoms with Crippen LogP contribution >= 0.6 is 0 Å². The first-order chi connectivity index (χ1) is 6.90. The summed E-state index contributed by atoms with van der Waals surface area (Å²) in [5.41, 5.74) is 0.577. The summed E-state index contributed by atoms with van der Waals surface area (Å²) in [5, 5.41) is 16.9. The van der Waals surface area contributed by atoms with E-state index in [0.717, 1.165) is 0 Å². The van der Waals surface area contributed by atoms with Crippen molar-refractivity contribution in [2.24, 2.45) is 11.8 Å². The fourth-order valence-corrected chi connectivity index (χ4v) is 2.59. The number of fused-ring (bicyclic) bond motifs is 2. The zero-order chi connectivity index (χ0) is 11.2. The van der Waals surface area contributed by atoms with Gasteiger partial charge in [0.1, 0.15) is 6.10 Å². The van der Waals surface area contributed by atoms with Crippen molar-refractivity contribution in [3.8, 4) is 0 Å². The molecule has 0 aromatic heterocycles. The minimum Gasteiger partial charge on any atom is -0.474 e. The quantitative estimate of drug-likeness (QED) is 0.544. The number of ether oxygens (including phenoxy) is 1. The lowest BCUT2D eigenvalue weighted by Gasteiger charge is -2.29. The summed E-state index contributed by atoms with van der Waals surface area (Å²) in [4.78, 5) is 0. The molecule has 2 aliphatic rings. The first-order valence-corrected chi connectivity index (χ1v) is 5.22. The molecule has 0 amide bonds. The zero-order valence-corrected chi connectivity index (χ0v) is 8.79. The molecular formula is C11H16FNO2. The predicted molar refractivity (Wildman–Crippen MR) is 54.3 cm³/mol. The molecule has 84 valence electrons. The molecule has 2 aliphatic carbocycles. The van der Waals surface area contributed by atoms with Gasteiger partial charge in [0.2, 0.25) is 11.8 Å². The topological polar surface area (TPSA) is 53.3 Å². The van der Waals surface area contributed by atoms with Gasteiger partial charge in [-0.25, -0.2) is 4.39 Å². The Labute approximate surface area is 88.4 Å². The molecule has 0 aliphatic heterocycles. The molecule has 2 rings (SSSR count). The van der Waals surface area contributed by atoms with E-state index in [9.17, 15) is 9.50 Å². The van der Waals surface area contributed by atoms with E-state index in [2.05, 4.69) is 6.58 Å². The van der Waals surface area contributed by atoms with Crippen LogP contribution in [0.4, 0.5) is 4.39 Å². The van der Waals surface area contributed by atoms with Crippen LogP contribution in [0.5, 0.6) is 0 Å². The van der Waals surface area contributed by atoms with E-state index in [0.29, 0.717) is 18.4 Å². The second kappa shape index (κ2) is 3.30. The molecule has 0 heterocycles. The summed E-state index contributed by atoms with van der Waals surface area (Å²) >= 11 is 0. The zero-order valence-electron chi connectivity index (χ0n) is 8.79. The number of rotatable bonds is 2. The molecule has 3 nitrogen and oxygen atoms in total. The first-order valence-electron chi connectivity index (χ1n) is 5.22. The summed E-state index contributed by atoms with van der Waals surface area (Å²) in [5.74, 6) is -2.19. The molecule has 2 bridgehead atoms. The van der Waals surface area contributed by atoms with E-state index in [1.807, 2.05) is 0 Å². The van der Waals surface area contributed by atoms with Gasteiger partial charge in [0.25, 0.3) is 0 Å². The number of nitrogens with one attached hydrogen (secondary N) is 1. The third-order valence-corrected chi connectivity index (χ3v) is 3.46. The molecule has 4 heteroatoms. The van der Waals surface area contributed by atoms with Crippen molar-refractivity contribution in [2.75, 3.05) is 0 Å². The molecule has 2 fully saturated rings. The number of hydrogen-bond donors (Lipinski definition) is 2. The van der Waals surface area contributed by atoms with Crippen LogP contribution < -0.4 is 0 Å². The minimum atomic E-state index is -2.00. The van der Waals surface area contributed by atoms with Crippen LogP contribution in [0.1, 0.15) is 26.2 Å². The first kappa shape index (κ1) is 10.6. The monoisotopic (exact) mass is 213 g/mol. The maximum atomic E-state index is 13.4. The molecule has 4 unspecified atom stereocenters. The van der Waals surface area contributed by atoms with Crippen LogP contribution in [0.3, 0.4) is 0 Å². The SMILES string of the molecule is C=C(C)C(=N)OC1CC2CC1CC2(O)F. The maximum Gasteiger partial charge on any atom is 0.210 e. The molecule has 0 saturated heterocycles. The Morgan fingerprint density at radius 2 is 2.27 bits per heavy atom. The largest absolute Gasteiger partial charge is 0.474 e. The second-order valence-corrected chi connectivity index (χ2v) is 4.72. The van der Waals surface area contributed by atoms with Crippen molar-refractivity contribution in [3.63, 3.8) is 0 Å². The highest BCUT2D eigenvalue weighted by Gasteiger charge is 2.56. The molecule has 15 heavy (non-hydrogen) atoms. The van der Waals surface area contributed by atoms with E-state index in [1.165, 1.54) is 0 Å². The third-order valence-electron chi connectivity index (χ3n) is 3.46. The maximum absolute atomic E-state index is 13.4. The molecule has 0 aromatic carbocycles. The van der Waals surface area contributed by atoms with Crippen molar-refractivity contribution < 1.29 is 14.2 Å². The molecule has 2 saturated carbocycles. The van der Waals surface area contributed by atoms with Gasteiger partial charge in [-0.1, -0.05) is 6.58 Å². The van der Waals surface area contributed by atoms with Gasteiger partial charge in [-0.15, -0.1) is 0 Å². The van der Waals surface area contributed by atoms with Crippen LogP contribution in [0, 0.1) is 17.2 Å². The highest BCUT2D eigenvalue weighted by molar-refractivity contribution is 5.89. The van der Waals surface area contributed by atoms with Crippen LogP contribution in [0.2, 0.25) is 0 Å². The van der Waals surface area contributed by atoms with E-state index >= 15 is 0 Å². The van der Waals surface area contributed by atoms with Gasteiger partial charge in [-0.2, -0.15) is 0 Å². The Kier molecular flexibility index (Phi) is 2.34. The van der Waals surface area contributed by atoms with Crippen molar-refractivity contribution in [1.29, 1.82) is 5.41 Å². The van der Waals surface area contributed by atoms with Crippen LogP contribution in [0.15, 0.2) is 12.2 Å². The number of hydrogen-bond acceptors (Lipinski definition) is 3. The van der Waals surface area contributed by atoms with Crippen LogP contribution in [-0.4, -0.2) is 23.0 Å². The lowest BCUT2D eigenvalue weighted by atomic mass is 9.93. The van der Waals surface area contributed by atoms with Gasteiger partial charge in [-0.05, 0) is 19.8 Å². The average molecular weight is 213 g/mol. The Morgan fingerprint density at radius 1 is 1.60 bits per heavy atom. The summed E-state index contributed by atoms with van der Waals surface area (Å²) < 4.78 is 18.8. The lowest BCUT2D eigenvalue weighted by Crippen LogP contribution is -2.36. The normalized spacial score (nSPS) is 43.0. The minimum absolute atomic E-state index is 0.0460. The van der Waals surface area contributed by atoms with Gasteiger partial charge >= 0.3 is 0 Å². The van der Waals surface area contributed by atoms with Crippen LogP contribution in [-0.2, 0) is 4.74 Å². The number of alkyl halides is 1. The van der Waals surface area contributed by atoms with Crippen molar-refractivity contribution in [2.45, 2.75) is 38.1 Å².